The Balaban J connectivity index is 1.94. The summed E-state index contributed by atoms with van der Waals surface area (Å²) in [6.07, 6.45) is 2.28. The van der Waals surface area contributed by atoms with Crippen molar-refractivity contribution < 1.29 is 9.13 Å². The molecule has 0 bridgehead atoms. The van der Waals surface area contributed by atoms with Crippen LogP contribution in [-0.2, 0) is 0 Å². The van der Waals surface area contributed by atoms with E-state index in [-0.39, 0.29) is 5.82 Å². The number of benzene rings is 1. The molecule has 15 heavy (non-hydrogen) atoms. The molecular formula is C11H13BrFNO. The summed E-state index contributed by atoms with van der Waals surface area (Å²) in [5, 5.41) is 3.30. The van der Waals surface area contributed by atoms with Crippen molar-refractivity contribution in [2.24, 2.45) is 0 Å². The van der Waals surface area contributed by atoms with Crippen LogP contribution in [0.5, 0.6) is 5.75 Å². The lowest BCUT2D eigenvalue weighted by Crippen LogP contribution is -2.28. The van der Waals surface area contributed by atoms with Gasteiger partial charge in [-0.2, -0.15) is 0 Å². The van der Waals surface area contributed by atoms with Gasteiger partial charge in [0.2, 0.25) is 0 Å². The quantitative estimate of drug-likeness (QED) is 0.915. The summed E-state index contributed by atoms with van der Waals surface area (Å²) in [6.45, 7) is 1.57. The summed E-state index contributed by atoms with van der Waals surface area (Å²) in [5.74, 6) is 0.00859. The molecule has 1 fully saturated rings. The Morgan fingerprint density at radius 1 is 1.53 bits per heavy atom. The highest BCUT2D eigenvalue weighted by Gasteiger charge is 2.15. The van der Waals surface area contributed by atoms with Crippen molar-refractivity contribution in [3.8, 4) is 5.75 Å². The average Bonchev–Trinajstić information content (AvgIpc) is 2.72. The predicted molar refractivity (Wildman–Crippen MR) is 60.6 cm³/mol. The van der Waals surface area contributed by atoms with Crippen molar-refractivity contribution in [2.75, 3.05) is 13.2 Å². The van der Waals surface area contributed by atoms with Gasteiger partial charge in [-0.3, -0.25) is 0 Å². The van der Waals surface area contributed by atoms with Gasteiger partial charge >= 0.3 is 0 Å². The molecule has 0 radical (unpaired) electrons. The van der Waals surface area contributed by atoms with Crippen LogP contribution >= 0.6 is 15.9 Å². The fourth-order valence-electron chi connectivity index (χ4n) is 1.68. The molecule has 82 valence electrons. The SMILES string of the molecule is Fc1ccc(Br)cc1OC[C@@H]1CCCN1. The third-order valence-electron chi connectivity index (χ3n) is 2.50. The molecule has 0 aliphatic carbocycles. The lowest BCUT2D eigenvalue weighted by molar-refractivity contribution is 0.265. The van der Waals surface area contributed by atoms with Crippen LogP contribution in [0.2, 0.25) is 0 Å². The van der Waals surface area contributed by atoms with Crippen molar-refractivity contribution in [3.05, 3.63) is 28.5 Å². The zero-order chi connectivity index (χ0) is 10.7. The van der Waals surface area contributed by atoms with Gasteiger partial charge in [-0.25, -0.2) is 4.39 Å². The Morgan fingerprint density at radius 2 is 2.40 bits per heavy atom. The minimum atomic E-state index is -0.309. The third kappa shape index (κ3) is 2.92. The number of hydrogen-bond acceptors (Lipinski definition) is 2. The maximum absolute atomic E-state index is 13.3. The van der Waals surface area contributed by atoms with E-state index in [0.717, 1.165) is 17.4 Å². The molecule has 0 aromatic heterocycles. The molecule has 2 nitrogen and oxygen atoms in total. The molecule has 1 N–H and O–H groups in total. The largest absolute Gasteiger partial charge is 0.489 e. The highest BCUT2D eigenvalue weighted by molar-refractivity contribution is 9.10. The molecule has 0 amide bonds. The second-order valence-electron chi connectivity index (χ2n) is 3.68. The Hall–Kier alpha value is -0.610. The van der Waals surface area contributed by atoms with Crippen LogP contribution in [0.1, 0.15) is 12.8 Å². The van der Waals surface area contributed by atoms with Gasteiger partial charge in [0, 0.05) is 10.5 Å². The van der Waals surface area contributed by atoms with E-state index in [0.29, 0.717) is 18.4 Å². The third-order valence-corrected chi connectivity index (χ3v) is 2.99. The molecule has 4 heteroatoms. The lowest BCUT2D eigenvalue weighted by atomic mass is 10.2. The lowest BCUT2D eigenvalue weighted by Gasteiger charge is -2.12. The number of halogens is 2. The molecule has 1 aromatic rings. The molecule has 1 saturated heterocycles. The van der Waals surface area contributed by atoms with Gasteiger partial charge in [0.25, 0.3) is 0 Å². The normalized spacial score (nSPS) is 20.5. The first-order valence-corrected chi connectivity index (χ1v) is 5.86. The Bertz CT molecular complexity index is 339. The zero-order valence-electron chi connectivity index (χ0n) is 8.30. The van der Waals surface area contributed by atoms with Gasteiger partial charge in [0.05, 0.1) is 0 Å². The summed E-state index contributed by atoms with van der Waals surface area (Å²) in [7, 11) is 0. The van der Waals surface area contributed by atoms with Gasteiger partial charge < -0.3 is 10.1 Å². The highest BCUT2D eigenvalue weighted by atomic mass is 79.9. The summed E-state index contributed by atoms with van der Waals surface area (Å²) in [6, 6.07) is 5.09. The van der Waals surface area contributed by atoms with Crippen molar-refractivity contribution in [2.45, 2.75) is 18.9 Å². The molecule has 1 atom stereocenters. The molecule has 1 aromatic carbocycles. The second-order valence-corrected chi connectivity index (χ2v) is 4.59. The molecule has 1 aliphatic rings. The Morgan fingerprint density at radius 3 is 3.13 bits per heavy atom. The van der Waals surface area contributed by atoms with Crippen LogP contribution in [0.25, 0.3) is 0 Å². The smallest absolute Gasteiger partial charge is 0.165 e. The minimum absolute atomic E-state index is 0.309. The van der Waals surface area contributed by atoms with E-state index in [2.05, 4.69) is 21.2 Å². The van der Waals surface area contributed by atoms with Crippen LogP contribution in [0, 0.1) is 5.82 Å². The maximum atomic E-state index is 13.3. The average molecular weight is 274 g/mol. The highest BCUT2D eigenvalue weighted by Crippen LogP contribution is 2.22. The van der Waals surface area contributed by atoms with Gasteiger partial charge in [-0.15, -0.1) is 0 Å². The summed E-state index contributed by atoms with van der Waals surface area (Å²) in [4.78, 5) is 0. The maximum Gasteiger partial charge on any atom is 0.165 e. The van der Waals surface area contributed by atoms with E-state index < -0.39 is 0 Å². The minimum Gasteiger partial charge on any atom is -0.489 e. The predicted octanol–water partition coefficient (Wildman–Crippen LogP) is 2.72. The number of hydrogen-bond donors (Lipinski definition) is 1. The molecule has 1 heterocycles. The first-order valence-electron chi connectivity index (χ1n) is 5.07. The zero-order valence-corrected chi connectivity index (χ0v) is 9.89. The van der Waals surface area contributed by atoms with E-state index in [9.17, 15) is 4.39 Å². The van der Waals surface area contributed by atoms with E-state index in [1.807, 2.05) is 0 Å². The van der Waals surface area contributed by atoms with Crippen LogP contribution < -0.4 is 10.1 Å². The first kappa shape index (κ1) is 10.9. The van der Waals surface area contributed by atoms with Gasteiger partial charge in [0.15, 0.2) is 11.6 Å². The van der Waals surface area contributed by atoms with Gasteiger partial charge in [-0.1, -0.05) is 15.9 Å². The van der Waals surface area contributed by atoms with Crippen molar-refractivity contribution in [3.63, 3.8) is 0 Å². The topological polar surface area (TPSA) is 21.3 Å². The molecule has 0 spiro atoms. The molecule has 2 rings (SSSR count). The van der Waals surface area contributed by atoms with Crippen LogP contribution in [0.3, 0.4) is 0 Å². The molecular weight excluding hydrogens is 261 g/mol. The number of ether oxygens (including phenoxy) is 1. The van der Waals surface area contributed by atoms with Crippen LogP contribution in [0.4, 0.5) is 4.39 Å². The van der Waals surface area contributed by atoms with Gasteiger partial charge in [-0.05, 0) is 37.6 Å². The Labute approximate surface area is 96.9 Å². The van der Waals surface area contributed by atoms with Crippen molar-refractivity contribution in [1.29, 1.82) is 0 Å². The fourth-order valence-corrected chi connectivity index (χ4v) is 2.02. The summed E-state index contributed by atoms with van der Waals surface area (Å²) >= 11 is 3.29. The fraction of sp³-hybridized carbons (Fsp3) is 0.455. The molecule has 0 unspecified atom stereocenters. The second kappa shape index (κ2) is 4.94. The summed E-state index contributed by atoms with van der Waals surface area (Å²) < 4.78 is 19.5. The molecule has 1 aliphatic heterocycles. The van der Waals surface area contributed by atoms with Crippen molar-refractivity contribution in [1.82, 2.24) is 5.32 Å². The van der Waals surface area contributed by atoms with E-state index in [1.54, 1.807) is 12.1 Å². The first-order chi connectivity index (χ1) is 7.25. The molecule has 0 saturated carbocycles. The number of rotatable bonds is 3. The van der Waals surface area contributed by atoms with E-state index >= 15 is 0 Å². The van der Waals surface area contributed by atoms with E-state index in [1.165, 1.54) is 12.5 Å². The van der Waals surface area contributed by atoms with Crippen LogP contribution in [-0.4, -0.2) is 19.2 Å². The standard InChI is InChI=1S/C11H13BrFNO/c12-8-3-4-10(13)11(6-8)15-7-9-2-1-5-14-9/h3-4,6,9,14H,1-2,5,7H2/t9-/m0/s1. The van der Waals surface area contributed by atoms with E-state index in [4.69, 9.17) is 4.74 Å². The van der Waals surface area contributed by atoms with Crippen LogP contribution in [0.15, 0.2) is 22.7 Å². The van der Waals surface area contributed by atoms with Crippen molar-refractivity contribution >= 4 is 15.9 Å². The van der Waals surface area contributed by atoms with Gasteiger partial charge in [0.1, 0.15) is 6.61 Å². The Kier molecular flexibility index (Phi) is 3.59. The number of nitrogens with one attached hydrogen (secondary N) is 1. The summed E-state index contributed by atoms with van der Waals surface area (Å²) in [5.41, 5.74) is 0. The monoisotopic (exact) mass is 273 g/mol.